The Bertz CT molecular complexity index is 335. The quantitative estimate of drug-likeness (QED) is 0.685. The van der Waals surface area contributed by atoms with Gasteiger partial charge in [0.1, 0.15) is 0 Å². The fraction of sp³-hybridized carbons (Fsp3) is 0.500. The fourth-order valence-electron chi connectivity index (χ4n) is 2.17. The molecule has 0 N–H and O–H groups in total. The molecule has 0 radical (unpaired) electrons. The Labute approximate surface area is 108 Å². The second-order valence-electron chi connectivity index (χ2n) is 4.52. The van der Waals surface area contributed by atoms with Gasteiger partial charge in [0.15, 0.2) is 0 Å². The maximum Gasteiger partial charge on any atom is 0.493 e. The van der Waals surface area contributed by atoms with Gasteiger partial charge in [0.05, 0.1) is 0 Å². The molecule has 2 fully saturated rings. The van der Waals surface area contributed by atoms with Crippen LogP contribution in [-0.4, -0.2) is 40.7 Å². The topological polar surface area (TPSA) is 36.9 Å². The van der Waals surface area contributed by atoms with Crippen LogP contribution in [-0.2, 0) is 18.6 Å². The molecule has 94 valence electrons. The van der Waals surface area contributed by atoms with Gasteiger partial charge in [-0.15, -0.1) is 0 Å². The van der Waals surface area contributed by atoms with E-state index < -0.39 is 0 Å². The van der Waals surface area contributed by atoms with E-state index >= 15 is 0 Å². The molecular weight excluding hydrogens is 230 g/mol. The molecule has 0 atom stereocenters. The summed E-state index contributed by atoms with van der Waals surface area (Å²) in [6, 6.07) is 8.08. The van der Waals surface area contributed by atoms with E-state index in [0.717, 1.165) is 50.2 Å². The summed E-state index contributed by atoms with van der Waals surface area (Å²) in [5.74, 6) is 0. The van der Waals surface area contributed by atoms with Gasteiger partial charge in [-0.25, -0.2) is 0 Å². The summed E-state index contributed by atoms with van der Waals surface area (Å²) in [7, 11) is -0.443. The molecular formula is C12H16B2O4. The summed E-state index contributed by atoms with van der Waals surface area (Å²) < 4.78 is 22.3. The predicted octanol–water partition coefficient (Wildman–Crippen LogP) is -0.0492. The van der Waals surface area contributed by atoms with E-state index in [4.69, 9.17) is 18.6 Å². The lowest BCUT2D eigenvalue weighted by molar-refractivity contribution is 0.142. The Kier molecular flexibility index (Phi) is 4.00. The Morgan fingerprint density at radius 1 is 0.611 bits per heavy atom. The van der Waals surface area contributed by atoms with Crippen molar-refractivity contribution < 1.29 is 18.6 Å². The molecule has 1 aromatic carbocycles. The van der Waals surface area contributed by atoms with Crippen molar-refractivity contribution in [2.75, 3.05) is 26.4 Å². The van der Waals surface area contributed by atoms with Crippen LogP contribution in [0.15, 0.2) is 24.3 Å². The highest BCUT2D eigenvalue weighted by Crippen LogP contribution is 2.04. The van der Waals surface area contributed by atoms with Gasteiger partial charge in [-0.05, 0) is 23.8 Å². The molecule has 6 heteroatoms. The van der Waals surface area contributed by atoms with Crippen molar-refractivity contribution >= 4 is 25.2 Å². The molecule has 0 aliphatic carbocycles. The van der Waals surface area contributed by atoms with Gasteiger partial charge in [0, 0.05) is 26.4 Å². The smallest absolute Gasteiger partial charge is 0.407 e. The van der Waals surface area contributed by atoms with Gasteiger partial charge in [0.25, 0.3) is 0 Å². The fourth-order valence-corrected chi connectivity index (χ4v) is 2.17. The van der Waals surface area contributed by atoms with Crippen LogP contribution in [0.4, 0.5) is 0 Å². The van der Waals surface area contributed by atoms with Gasteiger partial charge < -0.3 is 18.6 Å². The minimum atomic E-state index is -0.221. The maximum atomic E-state index is 5.56. The number of rotatable bonds is 2. The monoisotopic (exact) mass is 246 g/mol. The van der Waals surface area contributed by atoms with Crippen LogP contribution in [0.25, 0.3) is 0 Å². The second-order valence-corrected chi connectivity index (χ2v) is 4.52. The van der Waals surface area contributed by atoms with Crippen molar-refractivity contribution in [1.82, 2.24) is 0 Å². The first-order valence-electron chi connectivity index (χ1n) is 6.50. The molecule has 2 aliphatic heterocycles. The van der Waals surface area contributed by atoms with Gasteiger partial charge >= 0.3 is 14.2 Å². The molecule has 3 rings (SSSR count). The van der Waals surface area contributed by atoms with E-state index in [1.807, 2.05) is 24.3 Å². The first kappa shape index (κ1) is 12.2. The third-order valence-corrected chi connectivity index (χ3v) is 3.14. The normalized spacial score (nSPS) is 21.1. The summed E-state index contributed by atoms with van der Waals surface area (Å²) in [5, 5.41) is 0. The largest absolute Gasteiger partial charge is 0.493 e. The average Bonchev–Trinajstić information content (AvgIpc) is 2.49. The van der Waals surface area contributed by atoms with Gasteiger partial charge in [-0.3, -0.25) is 0 Å². The van der Waals surface area contributed by atoms with Crippen LogP contribution >= 0.6 is 0 Å². The zero-order valence-corrected chi connectivity index (χ0v) is 10.3. The van der Waals surface area contributed by atoms with Crippen LogP contribution < -0.4 is 10.9 Å². The molecule has 0 aromatic heterocycles. The van der Waals surface area contributed by atoms with E-state index in [0.29, 0.717) is 0 Å². The highest BCUT2D eigenvalue weighted by Gasteiger charge is 2.27. The number of hydrogen-bond acceptors (Lipinski definition) is 4. The van der Waals surface area contributed by atoms with Crippen LogP contribution in [0.2, 0.25) is 0 Å². The predicted molar refractivity (Wildman–Crippen MR) is 70.3 cm³/mol. The van der Waals surface area contributed by atoms with Crippen LogP contribution in [0, 0.1) is 0 Å². The highest BCUT2D eigenvalue weighted by molar-refractivity contribution is 6.63. The molecule has 2 aliphatic rings. The van der Waals surface area contributed by atoms with E-state index in [-0.39, 0.29) is 14.2 Å². The lowest BCUT2D eigenvalue weighted by atomic mass is 9.73. The van der Waals surface area contributed by atoms with Crippen molar-refractivity contribution in [3.8, 4) is 0 Å². The molecule has 0 amide bonds. The Morgan fingerprint density at radius 2 is 0.944 bits per heavy atom. The zero-order valence-electron chi connectivity index (χ0n) is 10.3. The molecule has 2 saturated heterocycles. The number of benzene rings is 1. The molecule has 0 unspecified atom stereocenters. The Hall–Kier alpha value is -0.810. The summed E-state index contributed by atoms with van der Waals surface area (Å²) in [5.41, 5.74) is 2.10. The summed E-state index contributed by atoms with van der Waals surface area (Å²) in [4.78, 5) is 0. The van der Waals surface area contributed by atoms with Gasteiger partial charge in [-0.1, -0.05) is 24.3 Å². The summed E-state index contributed by atoms with van der Waals surface area (Å²) in [6.45, 7) is 3.06. The minimum Gasteiger partial charge on any atom is -0.407 e. The lowest BCUT2D eigenvalue weighted by Crippen LogP contribution is -2.44. The van der Waals surface area contributed by atoms with Crippen molar-refractivity contribution in [2.24, 2.45) is 0 Å². The third kappa shape index (κ3) is 2.78. The van der Waals surface area contributed by atoms with Crippen molar-refractivity contribution in [1.29, 1.82) is 0 Å². The van der Waals surface area contributed by atoms with E-state index in [1.54, 1.807) is 0 Å². The van der Waals surface area contributed by atoms with Crippen LogP contribution in [0.5, 0.6) is 0 Å². The average molecular weight is 246 g/mol. The summed E-state index contributed by atoms with van der Waals surface area (Å²) in [6.07, 6.45) is 1.94. The standard InChI is InChI=1S/C12H16B2O4/c1-7-15-13(16-8-1)11-3-5-12(6-4-11)14-17-9-2-10-18-14/h3-6H,1-2,7-10H2. The van der Waals surface area contributed by atoms with E-state index in [1.165, 1.54) is 0 Å². The van der Waals surface area contributed by atoms with E-state index in [2.05, 4.69) is 0 Å². The van der Waals surface area contributed by atoms with E-state index in [9.17, 15) is 0 Å². The van der Waals surface area contributed by atoms with Crippen molar-refractivity contribution in [3.63, 3.8) is 0 Å². The van der Waals surface area contributed by atoms with Crippen LogP contribution in [0.3, 0.4) is 0 Å². The van der Waals surface area contributed by atoms with Gasteiger partial charge in [-0.2, -0.15) is 0 Å². The first-order valence-corrected chi connectivity index (χ1v) is 6.50. The molecule has 18 heavy (non-hydrogen) atoms. The van der Waals surface area contributed by atoms with Crippen molar-refractivity contribution in [3.05, 3.63) is 24.3 Å². The number of hydrogen-bond donors (Lipinski definition) is 0. The van der Waals surface area contributed by atoms with Crippen LogP contribution in [0.1, 0.15) is 12.8 Å². The molecule has 1 aromatic rings. The summed E-state index contributed by atoms with van der Waals surface area (Å²) >= 11 is 0. The first-order chi connectivity index (χ1) is 8.93. The SMILES string of the molecule is c1cc(B2OCCCO2)ccc1B1OCCCO1. The Morgan fingerprint density at radius 3 is 1.28 bits per heavy atom. The molecule has 2 heterocycles. The zero-order chi connectivity index (χ0) is 12.2. The van der Waals surface area contributed by atoms with Crippen molar-refractivity contribution in [2.45, 2.75) is 12.8 Å². The molecule has 4 nitrogen and oxygen atoms in total. The highest BCUT2D eigenvalue weighted by atomic mass is 16.6. The third-order valence-electron chi connectivity index (χ3n) is 3.14. The lowest BCUT2D eigenvalue weighted by Gasteiger charge is -2.22. The second kappa shape index (κ2) is 5.89. The minimum absolute atomic E-state index is 0.221. The Balaban J connectivity index is 1.67. The van der Waals surface area contributed by atoms with Gasteiger partial charge in [0.2, 0.25) is 0 Å². The maximum absolute atomic E-state index is 5.56. The molecule has 0 spiro atoms. The molecule has 0 saturated carbocycles. The molecule has 0 bridgehead atoms.